The van der Waals surface area contributed by atoms with E-state index in [0.717, 1.165) is 0 Å². The second-order valence-electron chi connectivity index (χ2n) is 2.55. The molecule has 1 aromatic carbocycles. The van der Waals surface area contributed by atoms with Crippen LogP contribution in [0.5, 0.6) is 0 Å². The fourth-order valence-corrected chi connectivity index (χ4v) is 3.89. The number of benzene rings is 1. The zero-order valence-corrected chi connectivity index (χ0v) is 14.4. The SMILES string of the molecule is O=C(I)c1c(Cl)c(Cl)c(C(=O)I)c(Cl)c1Cl. The number of hydrogen-bond donors (Lipinski definition) is 0. The second kappa shape index (κ2) is 5.88. The van der Waals surface area contributed by atoms with Crippen LogP contribution in [0.15, 0.2) is 0 Å². The fraction of sp³-hybridized carbons (Fsp3) is 0. The van der Waals surface area contributed by atoms with E-state index in [1.165, 1.54) is 45.2 Å². The van der Waals surface area contributed by atoms with Gasteiger partial charge in [0.25, 0.3) is 0 Å². The molecule has 0 aliphatic carbocycles. The van der Waals surface area contributed by atoms with Gasteiger partial charge in [-0.1, -0.05) is 46.4 Å². The third kappa shape index (κ3) is 2.77. The van der Waals surface area contributed by atoms with Crippen LogP contribution in [0.3, 0.4) is 0 Å². The highest BCUT2D eigenvalue weighted by molar-refractivity contribution is 14.1. The molecule has 0 atom stereocenters. The molecule has 0 fully saturated rings. The van der Waals surface area contributed by atoms with Gasteiger partial charge in [0, 0.05) is 45.2 Å². The zero-order chi connectivity index (χ0) is 12.6. The Morgan fingerprint density at radius 2 is 0.875 bits per heavy atom. The average Bonchev–Trinajstić information content (AvgIpc) is 2.14. The van der Waals surface area contributed by atoms with Crippen LogP contribution in [0, 0.1) is 0 Å². The first-order valence-electron chi connectivity index (χ1n) is 3.54. The summed E-state index contributed by atoms with van der Waals surface area (Å²) in [5.74, 6) is 0. The summed E-state index contributed by atoms with van der Waals surface area (Å²) in [6, 6.07) is 0. The van der Waals surface area contributed by atoms with Gasteiger partial charge in [-0.25, -0.2) is 0 Å². The van der Waals surface area contributed by atoms with Gasteiger partial charge in [-0.05, 0) is 0 Å². The molecule has 0 saturated carbocycles. The Morgan fingerprint density at radius 1 is 0.688 bits per heavy atom. The van der Waals surface area contributed by atoms with Gasteiger partial charge < -0.3 is 0 Å². The van der Waals surface area contributed by atoms with Crippen LogP contribution in [0.4, 0.5) is 0 Å². The monoisotopic (exact) mass is 522 g/mol. The summed E-state index contributed by atoms with van der Waals surface area (Å²) in [5.41, 5.74) is 0.0284. The van der Waals surface area contributed by atoms with Crippen LogP contribution in [0.2, 0.25) is 20.1 Å². The quantitative estimate of drug-likeness (QED) is 0.294. The van der Waals surface area contributed by atoms with Gasteiger partial charge in [0.1, 0.15) is 0 Å². The summed E-state index contributed by atoms with van der Waals surface area (Å²) in [6.07, 6.45) is 0. The molecule has 0 heterocycles. The molecule has 0 aromatic heterocycles. The molecule has 0 aliphatic heterocycles. The van der Waals surface area contributed by atoms with Gasteiger partial charge >= 0.3 is 0 Å². The van der Waals surface area contributed by atoms with Crippen LogP contribution < -0.4 is 0 Å². The highest BCUT2D eigenvalue weighted by Gasteiger charge is 2.25. The van der Waals surface area contributed by atoms with E-state index in [2.05, 4.69) is 0 Å². The summed E-state index contributed by atoms with van der Waals surface area (Å²) in [6.45, 7) is 0. The highest BCUT2D eigenvalue weighted by Crippen LogP contribution is 2.42. The van der Waals surface area contributed by atoms with E-state index in [-0.39, 0.29) is 31.2 Å². The van der Waals surface area contributed by atoms with Gasteiger partial charge in [0.05, 0.1) is 31.2 Å². The van der Waals surface area contributed by atoms with E-state index in [4.69, 9.17) is 46.4 Å². The van der Waals surface area contributed by atoms with Crippen molar-refractivity contribution in [3.05, 3.63) is 31.2 Å². The Bertz CT molecular complexity index is 427. The molecule has 0 saturated heterocycles. The third-order valence-corrected chi connectivity index (χ3v) is 4.44. The molecule has 0 bridgehead atoms. The van der Waals surface area contributed by atoms with Crippen LogP contribution in [0.1, 0.15) is 20.7 Å². The molecule has 8 heteroatoms. The standard InChI is InChI=1S/C8Cl4I2O2/c9-3-1(7(13)15)4(10)6(12)2(5(3)11)8(14)16. The van der Waals surface area contributed by atoms with E-state index in [1.54, 1.807) is 0 Å². The summed E-state index contributed by atoms with van der Waals surface area (Å²) < 4.78 is -0.798. The Morgan fingerprint density at radius 3 is 1.00 bits per heavy atom. The smallest absolute Gasteiger partial charge is 0.225 e. The van der Waals surface area contributed by atoms with Gasteiger partial charge in [-0.3, -0.25) is 9.59 Å². The van der Waals surface area contributed by atoms with Crippen molar-refractivity contribution in [3.63, 3.8) is 0 Å². The summed E-state index contributed by atoms with van der Waals surface area (Å²) >= 11 is 26.5. The lowest BCUT2D eigenvalue weighted by molar-refractivity contribution is 0.109. The summed E-state index contributed by atoms with van der Waals surface area (Å²) in [5, 5.41) is -0.239. The van der Waals surface area contributed by atoms with E-state index in [1.807, 2.05) is 0 Å². The van der Waals surface area contributed by atoms with Crippen molar-refractivity contribution >= 4 is 99.2 Å². The van der Waals surface area contributed by atoms with Crippen LogP contribution in [0.25, 0.3) is 0 Å². The molecule has 0 radical (unpaired) electrons. The molecular formula is C8Cl4I2O2. The predicted octanol–water partition coefficient (Wildman–Crippen LogP) is 5.45. The molecule has 16 heavy (non-hydrogen) atoms. The van der Waals surface area contributed by atoms with Gasteiger partial charge in [-0.15, -0.1) is 0 Å². The number of rotatable bonds is 2. The maximum absolute atomic E-state index is 11.3. The van der Waals surface area contributed by atoms with Crippen LogP contribution in [-0.4, -0.2) is 7.58 Å². The van der Waals surface area contributed by atoms with E-state index >= 15 is 0 Å². The van der Waals surface area contributed by atoms with E-state index in [9.17, 15) is 9.59 Å². The number of carbonyl (C=O) groups is 2. The Balaban J connectivity index is 3.77. The lowest BCUT2D eigenvalue weighted by Crippen LogP contribution is -2.00. The third-order valence-electron chi connectivity index (χ3n) is 1.66. The minimum atomic E-state index is -0.399. The lowest BCUT2D eigenvalue weighted by atomic mass is 10.1. The molecule has 1 rings (SSSR count). The van der Waals surface area contributed by atoms with Gasteiger partial charge in [-0.2, -0.15) is 0 Å². The summed E-state index contributed by atoms with van der Waals surface area (Å²) in [4.78, 5) is 22.6. The molecule has 0 N–H and O–H groups in total. The second-order valence-corrected chi connectivity index (χ2v) is 6.02. The van der Waals surface area contributed by atoms with Crippen LogP contribution in [-0.2, 0) is 0 Å². The molecule has 0 spiro atoms. The normalized spacial score (nSPS) is 10.4. The molecule has 86 valence electrons. The Labute approximate surface area is 138 Å². The van der Waals surface area contributed by atoms with E-state index < -0.39 is 7.58 Å². The first-order chi connectivity index (χ1) is 7.29. The Kier molecular flexibility index (Phi) is 5.60. The topological polar surface area (TPSA) is 34.1 Å². The molecule has 0 aliphatic rings. The maximum atomic E-state index is 11.3. The van der Waals surface area contributed by atoms with Crippen molar-refractivity contribution < 1.29 is 9.59 Å². The largest absolute Gasteiger partial charge is 0.282 e. The summed E-state index contributed by atoms with van der Waals surface area (Å²) in [7, 11) is 0. The predicted molar refractivity (Wildman–Crippen MR) is 83.2 cm³/mol. The fourth-order valence-electron chi connectivity index (χ4n) is 0.977. The minimum absolute atomic E-state index is 0.0142. The number of hydrogen-bond acceptors (Lipinski definition) is 2. The average molecular weight is 524 g/mol. The molecule has 2 nitrogen and oxygen atoms in total. The van der Waals surface area contributed by atoms with Crippen molar-refractivity contribution in [3.8, 4) is 0 Å². The maximum Gasteiger partial charge on any atom is 0.225 e. The first-order valence-corrected chi connectivity index (χ1v) is 7.21. The molecule has 1 aromatic rings. The lowest BCUT2D eigenvalue weighted by Gasteiger charge is -2.10. The van der Waals surface area contributed by atoms with Crippen molar-refractivity contribution in [1.82, 2.24) is 0 Å². The molecule has 0 amide bonds. The highest BCUT2D eigenvalue weighted by atomic mass is 127. The first kappa shape index (κ1) is 15.2. The van der Waals surface area contributed by atoms with Crippen molar-refractivity contribution in [2.24, 2.45) is 0 Å². The van der Waals surface area contributed by atoms with Crippen molar-refractivity contribution in [2.45, 2.75) is 0 Å². The molecular weight excluding hydrogens is 524 g/mol. The zero-order valence-electron chi connectivity index (χ0n) is 7.08. The number of halogens is 6. The van der Waals surface area contributed by atoms with Gasteiger partial charge in [0.15, 0.2) is 0 Å². The van der Waals surface area contributed by atoms with Gasteiger partial charge in [0.2, 0.25) is 7.58 Å². The molecule has 0 unspecified atom stereocenters. The van der Waals surface area contributed by atoms with Crippen molar-refractivity contribution in [1.29, 1.82) is 0 Å². The number of carbonyl (C=O) groups excluding carboxylic acids is 2. The van der Waals surface area contributed by atoms with Crippen molar-refractivity contribution in [2.75, 3.05) is 0 Å². The minimum Gasteiger partial charge on any atom is -0.282 e. The Hall–Kier alpha value is 1.18. The van der Waals surface area contributed by atoms with E-state index in [0.29, 0.717) is 0 Å². The van der Waals surface area contributed by atoms with Crippen LogP contribution >= 0.6 is 91.6 Å².